The number of aliphatic imine (C=N–C) groups is 1. The first-order valence-electron chi connectivity index (χ1n) is 7.70. The van der Waals surface area contributed by atoms with Gasteiger partial charge in [-0.15, -0.1) is 5.10 Å². The van der Waals surface area contributed by atoms with Crippen LogP contribution in [-0.2, 0) is 7.05 Å². The molecule has 3 rings (SSSR count). The Kier molecular flexibility index (Phi) is 3.97. The van der Waals surface area contributed by atoms with Crippen molar-refractivity contribution in [3.05, 3.63) is 22.9 Å². The Bertz CT molecular complexity index is 730. The summed E-state index contributed by atoms with van der Waals surface area (Å²) in [5.74, 6) is 0.657. The summed E-state index contributed by atoms with van der Waals surface area (Å²) in [5.41, 5.74) is 3.59. The van der Waals surface area contributed by atoms with E-state index in [-0.39, 0.29) is 0 Å². The largest absolute Gasteiger partial charge is 0.465 e. The minimum atomic E-state index is -0.918. The first-order valence-corrected chi connectivity index (χ1v) is 7.70. The van der Waals surface area contributed by atoms with Crippen LogP contribution < -0.4 is 0 Å². The molecule has 1 unspecified atom stereocenters. The second-order valence-corrected chi connectivity index (χ2v) is 6.07. The van der Waals surface area contributed by atoms with Crippen molar-refractivity contribution in [2.24, 2.45) is 18.0 Å². The molecule has 2 heterocycles. The molecule has 1 fully saturated rings. The zero-order valence-electron chi connectivity index (χ0n) is 13.5. The van der Waals surface area contributed by atoms with Crippen molar-refractivity contribution in [3.63, 3.8) is 0 Å². The van der Waals surface area contributed by atoms with Crippen LogP contribution in [0.1, 0.15) is 33.1 Å². The van der Waals surface area contributed by atoms with Gasteiger partial charge in [0, 0.05) is 12.1 Å². The normalized spacial score (nSPS) is 23.6. The van der Waals surface area contributed by atoms with E-state index in [1.165, 1.54) is 9.70 Å². The molecular formula is C15H20N6O2. The van der Waals surface area contributed by atoms with Crippen molar-refractivity contribution in [3.8, 4) is 0 Å². The van der Waals surface area contributed by atoms with Gasteiger partial charge in [-0.05, 0) is 42.9 Å². The van der Waals surface area contributed by atoms with Crippen molar-refractivity contribution in [1.29, 1.82) is 0 Å². The Morgan fingerprint density at radius 3 is 2.91 bits per heavy atom. The van der Waals surface area contributed by atoms with Crippen LogP contribution in [0.3, 0.4) is 0 Å². The molecule has 122 valence electrons. The molecule has 1 aliphatic carbocycles. The summed E-state index contributed by atoms with van der Waals surface area (Å²) in [5, 5.41) is 21.4. The lowest BCUT2D eigenvalue weighted by Gasteiger charge is -2.28. The quantitative estimate of drug-likeness (QED) is 0.857. The number of hydrogen-bond acceptors (Lipinski definition) is 5. The summed E-state index contributed by atoms with van der Waals surface area (Å²) >= 11 is 0. The van der Waals surface area contributed by atoms with E-state index in [9.17, 15) is 9.90 Å². The average molecular weight is 316 g/mol. The Balaban J connectivity index is 2.09. The third kappa shape index (κ3) is 3.01. The van der Waals surface area contributed by atoms with Gasteiger partial charge in [-0.2, -0.15) is 4.80 Å². The molecule has 1 atom stereocenters. The van der Waals surface area contributed by atoms with Crippen LogP contribution >= 0.6 is 0 Å². The van der Waals surface area contributed by atoms with Gasteiger partial charge in [-0.25, -0.2) is 9.79 Å². The minimum Gasteiger partial charge on any atom is -0.465 e. The molecule has 0 saturated carbocycles. The van der Waals surface area contributed by atoms with E-state index < -0.39 is 6.09 Å². The fraction of sp³-hybridized carbons (Fsp3) is 0.533. The molecule has 0 aromatic carbocycles. The van der Waals surface area contributed by atoms with E-state index >= 15 is 0 Å². The predicted molar refractivity (Wildman–Crippen MR) is 84.4 cm³/mol. The number of hydrogen-bond donors (Lipinski definition) is 1. The molecule has 1 N–H and O–H groups in total. The first kappa shape index (κ1) is 15.4. The molecule has 8 heteroatoms. The van der Waals surface area contributed by atoms with E-state index in [0.717, 1.165) is 29.0 Å². The summed E-state index contributed by atoms with van der Waals surface area (Å²) in [6.45, 7) is 4.60. The lowest BCUT2D eigenvalue weighted by atomic mass is 9.87. The van der Waals surface area contributed by atoms with Gasteiger partial charge in [0.2, 0.25) is 0 Å². The molecule has 1 amide bonds. The Morgan fingerprint density at radius 1 is 1.48 bits per heavy atom. The maximum atomic E-state index is 11.6. The molecule has 1 saturated heterocycles. The number of amides is 1. The molecular weight excluding hydrogens is 296 g/mol. The highest BCUT2D eigenvalue weighted by atomic mass is 16.4. The van der Waals surface area contributed by atoms with Gasteiger partial charge >= 0.3 is 6.09 Å². The monoisotopic (exact) mass is 316 g/mol. The zero-order valence-corrected chi connectivity index (χ0v) is 13.5. The highest BCUT2D eigenvalue weighted by Crippen LogP contribution is 2.35. The van der Waals surface area contributed by atoms with Gasteiger partial charge in [-0.3, -0.25) is 4.90 Å². The number of aromatic nitrogens is 4. The third-order valence-corrected chi connectivity index (χ3v) is 4.08. The van der Waals surface area contributed by atoms with E-state index in [0.29, 0.717) is 31.3 Å². The van der Waals surface area contributed by atoms with Crippen LogP contribution in [0.5, 0.6) is 0 Å². The molecule has 1 aromatic rings. The molecule has 23 heavy (non-hydrogen) atoms. The number of aryl methyl sites for hydroxylation is 1. The van der Waals surface area contributed by atoms with Crippen LogP contribution in [-0.4, -0.2) is 48.6 Å². The van der Waals surface area contributed by atoms with E-state index in [1.807, 2.05) is 6.92 Å². The van der Waals surface area contributed by atoms with Crippen LogP contribution in [0.4, 0.5) is 10.7 Å². The zero-order chi connectivity index (χ0) is 16.6. The number of allylic oxidation sites excluding steroid dienone is 3. The highest BCUT2D eigenvalue weighted by molar-refractivity contribution is 6.06. The average Bonchev–Trinajstić information content (AvgIpc) is 2.78. The molecule has 1 aliphatic heterocycles. The number of rotatable bonds is 1. The van der Waals surface area contributed by atoms with Gasteiger partial charge < -0.3 is 5.11 Å². The summed E-state index contributed by atoms with van der Waals surface area (Å²) in [7, 11) is 1.69. The topological polar surface area (TPSA) is 96.5 Å². The van der Waals surface area contributed by atoms with E-state index in [2.05, 4.69) is 33.4 Å². The lowest BCUT2D eigenvalue weighted by Crippen LogP contribution is -2.32. The maximum Gasteiger partial charge on any atom is 0.411 e. The highest BCUT2D eigenvalue weighted by Gasteiger charge is 2.31. The molecule has 8 nitrogen and oxygen atoms in total. The van der Waals surface area contributed by atoms with Crippen LogP contribution in [0, 0.1) is 5.92 Å². The number of tetrazole rings is 1. The van der Waals surface area contributed by atoms with Crippen LogP contribution in [0.15, 0.2) is 27.9 Å². The number of carbonyl (C=O) groups is 1. The van der Waals surface area contributed by atoms with Crippen LogP contribution in [0.25, 0.3) is 0 Å². The van der Waals surface area contributed by atoms with E-state index in [1.54, 1.807) is 7.05 Å². The number of nitrogens with zero attached hydrogens (tertiary/aromatic N) is 6. The number of carboxylic acid groups (broad SMARTS) is 1. The minimum absolute atomic E-state index is 0.308. The van der Waals surface area contributed by atoms with Gasteiger partial charge in [0.15, 0.2) is 0 Å². The molecule has 2 aliphatic rings. The van der Waals surface area contributed by atoms with Crippen molar-refractivity contribution < 1.29 is 9.90 Å². The molecule has 0 spiro atoms. The van der Waals surface area contributed by atoms with Crippen molar-refractivity contribution in [2.75, 3.05) is 6.54 Å². The van der Waals surface area contributed by atoms with Gasteiger partial charge in [0.25, 0.3) is 5.95 Å². The Hall–Kier alpha value is -2.51. The molecule has 1 aromatic heterocycles. The van der Waals surface area contributed by atoms with Crippen molar-refractivity contribution in [2.45, 2.75) is 33.1 Å². The van der Waals surface area contributed by atoms with Gasteiger partial charge in [0.1, 0.15) is 0 Å². The molecule has 0 radical (unpaired) electrons. The van der Waals surface area contributed by atoms with E-state index in [4.69, 9.17) is 0 Å². The third-order valence-electron chi connectivity index (χ3n) is 4.08. The predicted octanol–water partition coefficient (Wildman–Crippen LogP) is 2.30. The Morgan fingerprint density at radius 2 is 2.26 bits per heavy atom. The summed E-state index contributed by atoms with van der Waals surface area (Å²) in [4.78, 5) is 19.0. The SMILES string of the molecule is CC1=C2C(=CC(C)C1)C(=Nc1nnn(C)n1)CCCN2C(=O)O. The van der Waals surface area contributed by atoms with Crippen molar-refractivity contribution >= 4 is 17.8 Å². The smallest absolute Gasteiger partial charge is 0.411 e. The first-order chi connectivity index (χ1) is 11.0. The second-order valence-electron chi connectivity index (χ2n) is 6.07. The second kappa shape index (κ2) is 5.94. The number of likely N-dealkylation sites (tertiary alicyclic amines) is 1. The molecule has 0 bridgehead atoms. The summed E-state index contributed by atoms with van der Waals surface area (Å²) < 4.78 is 0. The fourth-order valence-electron chi connectivity index (χ4n) is 3.24. The lowest BCUT2D eigenvalue weighted by molar-refractivity contribution is 0.159. The fourth-order valence-corrected chi connectivity index (χ4v) is 3.24. The standard InChI is InChI=1S/C15H20N6O2/c1-9-7-10(2)13-11(8-9)12(5-4-6-21(13)15(22)23)16-14-17-19-20(3)18-14/h8-9H,4-7H2,1-3H3,(H,22,23). The summed E-state index contributed by atoms with van der Waals surface area (Å²) in [6.07, 6.45) is 3.46. The number of fused-ring (bicyclic) bond motifs is 1. The maximum absolute atomic E-state index is 11.6. The van der Waals surface area contributed by atoms with Crippen molar-refractivity contribution in [1.82, 2.24) is 25.1 Å². The Labute approximate surface area is 134 Å². The summed E-state index contributed by atoms with van der Waals surface area (Å²) in [6, 6.07) is 0. The van der Waals surface area contributed by atoms with Gasteiger partial charge in [0.05, 0.1) is 18.5 Å². The van der Waals surface area contributed by atoms with Gasteiger partial charge in [-0.1, -0.05) is 18.1 Å². The van der Waals surface area contributed by atoms with Crippen LogP contribution in [0.2, 0.25) is 0 Å².